The van der Waals surface area contributed by atoms with Gasteiger partial charge in [0.2, 0.25) is 5.75 Å². The lowest BCUT2D eigenvalue weighted by Crippen LogP contribution is -2.05. The van der Waals surface area contributed by atoms with Crippen LogP contribution in [0.3, 0.4) is 0 Å². The molecule has 11 heteroatoms. The van der Waals surface area contributed by atoms with Crippen LogP contribution >= 0.6 is 0 Å². The van der Waals surface area contributed by atoms with Crippen molar-refractivity contribution in [2.75, 3.05) is 13.2 Å². The second kappa shape index (κ2) is 4.95. The van der Waals surface area contributed by atoms with Gasteiger partial charge in [-0.3, -0.25) is 30.3 Å². The van der Waals surface area contributed by atoms with Gasteiger partial charge in [-0.05, 0) is 0 Å². The molecule has 1 aliphatic rings. The van der Waals surface area contributed by atoms with Gasteiger partial charge in [0.25, 0.3) is 0 Å². The average Bonchev–Trinajstić information content (AvgIpc) is 2.60. The Kier molecular flexibility index (Phi) is 3.33. The highest BCUT2D eigenvalue weighted by Gasteiger charge is 2.43. The number of fused-ring (bicyclic) bond motifs is 1. The van der Waals surface area contributed by atoms with Gasteiger partial charge in [0, 0.05) is 6.42 Å². The summed E-state index contributed by atoms with van der Waals surface area (Å²) in [6, 6.07) is 0.770. The standard InChI is InChI=1S/C9H7N3O8/c13-10(14)5-4-6-9(20-3-1-2-19-6)8(12(17)18)7(5)11(15)16/h4H,1-3H2. The minimum Gasteiger partial charge on any atom is -0.489 e. The lowest BCUT2D eigenvalue weighted by molar-refractivity contribution is -0.441. The molecular formula is C9H7N3O8. The summed E-state index contributed by atoms with van der Waals surface area (Å²) >= 11 is 0. The first-order chi connectivity index (χ1) is 9.43. The Bertz CT molecular complexity index is 614. The maximum Gasteiger partial charge on any atom is 0.426 e. The Hall–Kier alpha value is -2.98. The third-order valence-electron chi connectivity index (χ3n) is 2.53. The van der Waals surface area contributed by atoms with E-state index >= 15 is 0 Å². The van der Waals surface area contributed by atoms with E-state index in [1.54, 1.807) is 0 Å². The highest BCUT2D eigenvalue weighted by molar-refractivity contribution is 5.76. The van der Waals surface area contributed by atoms with Crippen molar-refractivity contribution in [3.8, 4) is 11.5 Å². The van der Waals surface area contributed by atoms with Crippen LogP contribution in [0.2, 0.25) is 0 Å². The largest absolute Gasteiger partial charge is 0.489 e. The smallest absolute Gasteiger partial charge is 0.426 e. The van der Waals surface area contributed by atoms with Crippen molar-refractivity contribution in [2.45, 2.75) is 6.42 Å². The number of hydrogen-bond donors (Lipinski definition) is 0. The summed E-state index contributed by atoms with van der Waals surface area (Å²) in [5.41, 5.74) is -3.30. The fourth-order valence-corrected chi connectivity index (χ4v) is 1.75. The molecule has 0 aliphatic carbocycles. The van der Waals surface area contributed by atoms with Crippen LogP contribution in [-0.2, 0) is 0 Å². The van der Waals surface area contributed by atoms with Crippen LogP contribution in [-0.4, -0.2) is 28.0 Å². The van der Waals surface area contributed by atoms with Gasteiger partial charge in [0.1, 0.15) is 0 Å². The number of nitrogens with zero attached hydrogens (tertiary/aromatic N) is 3. The highest BCUT2D eigenvalue weighted by atomic mass is 16.7. The van der Waals surface area contributed by atoms with Crippen LogP contribution in [0, 0.1) is 30.3 Å². The molecule has 0 amide bonds. The predicted molar refractivity (Wildman–Crippen MR) is 62.0 cm³/mol. The number of rotatable bonds is 3. The lowest BCUT2D eigenvalue weighted by atomic mass is 10.2. The molecule has 1 aromatic rings. The van der Waals surface area contributed by atoms with Crippen molar-refractivity contribution < 1.29 is 24.2 Å². The molecule has 11 nitrogen and oxygen atoms in total. The van der Waals surface area contributed by atoms with Crippen molar-refractivity contribution in [1.29, 1.82) is 0 Å². The molecule has 0 spiro atoms. The molecule has 1 heterocycles. The zero-order valence-corrected chi connectivity index (χ0v) is 9.81. The molecule has 20 heavy (non-hydrogen) atoms. The fourth-order valence-electron chi connectivity index (χ4n) is 1.75. The molecule has 0 aromatic heterocycles. The first-order valence-electron chi connectivity index (χ1n) is 5.33. The zero-order valence-electron chi connectivity index (χ0n) is 9.81. The van der Waals surface area contributed by atoms with Gasteiger partial charge < -0.3 is 9.47 Å². The number of hydrogen-bond acceptors (Lipinski definition) is 8. The zero-order chi connectivity index (χ0) is 14.9. The number of nitro benzene ring substituents is 3. The summed E-state index contributed by atoms with van der Waals surface area (Å²) in [6.07, 6.45) is 0.396. The number of nitro groups is 3. The van der Waals surface area contributed by atoms with Crippen molar-refractivity contribution in [1.82, 2.24) is 0 Å². The topological polar surface area (TPSA) is 148 Å². The summed E-state index contributed by atoms with van der Waals surface area (Å²) in [5.74, 6) is -0.698. The first-order valence-corrected chi connectivity index (χ1v) is 5.33. The SMILES string of the molecule is O=[N+]([O-])c1cc2c(c([N+](=O)[O-])c1[N+](=O)[O-])OCCCO2. The Morgan fingerprint density at radius 3 is 2.05 bits per heavy atom. The highest BCUT2D eigenvalue weighted by Crippen LogP contribution is 2.49. The van der Waals surface area contributed by atoms with Crippen molar-refractivity contribution in [3.05, 3.63) is 36.4 Å². The van der Waals surface area contributed by atoms with Crippen LogP contribution in [0.25, 0.3) is 0 Å². The molecule has 0 fully saturated rings. The second-order valence-electron chi connectivity index (χ2n) is 3.74. The molecule has 1 aliphatic heterocycles. The minimum absolute atomic E-state index is 0.0583. The molecular weight excluding hydrogens is 278 g/mol. The molecule has 0 unspecified atom stereocenters. The van der Waals surface area contributed by atoms with E-state index in [1.807, 2.05) is 0 Å². The van der Waals surface area contributed by atoms with Crippen molar-refractivity contribution in [2.24, 2.45) is 0 Å². The summed E-state index contributed by atoms with van der Waals surface area (Å²) in [4.78, 5) is 29.5. The summed E-state index contributed by atoms with van der Waals surface area (Å²) < 4.78 is 10.2. The van der Waals surface area contributed by atoms with E-state index in [1.165, 1.54) is 0 Å². The number of ether oxygens (including phenoxy) is 2. The van der Waals surface area contributed by atoms with Crippen LogP contribution in [0.5, 0.6) is 11.5 Å². The first kappa shape index (κ1) is 13.5. The monoisotopic (exact) mass is 285 g/mol. The van der Waals surface area contributed by atoms with Gasteiger partial charge in [-0.15, -0.1) is 0 Å². The molecule has 106 valence electrons. The Balaban J connectivity index is 2.83. The van der Waals surface area contributed by atoms with Gasteiger partial charge in [-0.1, -0.05) is 0 Å². The van der Waals surface area contributed by atoms with Gasteiger partial charge in [-0.2, -0.15) is 0 Å². The van der Waals surface area contributed by atoms with E-state index < -0.39 is 37.6 Å². The van der Waals surface area contributed by atoms with Gasteiger partial charge >= 0.3 is 17.1 Å². The van der Waals surface area contributed by atoms with E-state index in [2.05, 4.69) is 0 Å². The van der Waals surface area contributed by atoms with E-state index in [0.717, 1.165) is 6.07 Å². The second-order valence-corrected chi connectivity index (χ2v) is 3.74. The van der Waals surface area contributed by atoms with E-state index in [4.69, 9.17) is 9.47 Å². The minimum atomic E-state index is -1.22. The Morgan fingerprint density at radius 1 is 0.900 bits per heavy atom. The van der Waals surface area contributed by atoms with Crippen molar-refractivity contribution >= 4 is 17.1 Å². The van der Waals surface area contributed by atoms with Gasteiger partial charge in [0.05, 0.1) is 34.1 Å². The van der Waals surface area contributed by atoms with Crippen LogP contribution < -0.4 is 9.47 Å². The third-order valence-corrected chi connectivity index (χ3v) is 2.53. The summed E-state index contributed by atoms with van der Waals surface area (Å²) in [7, 11) is 0. The van der Waals surface area contributed by atoms with E-state index in [9.17, 15) is 30.3 Å². The quantitative estimate of drug-likeness (QED) is 0.600. The molecule has 0 saturated carbocycles. The van der Waals surface area contributed by atoms with E-state index in [0.29, 0.717) is 6.42 Å². The maximum absolute atomic E-state index is 11.0. The summed E-state index contributed by atoms with van der Waals surface area (Å²) in [5, 5.41) is 32.8. The van der Waals surface area contributed by atoms with Gasteiger partial charge in [-0.25, -0.2) is 0 Å². The third kappa shape index (κ3) is 2.15. The van der Waals surface area contributed by atoms with Gasteiger partial charge in [0.15, 0.2) is 5.75 Å². The lowest BCUT2D eigenvalue weighted by Gasteiger charge is -2.07. The Labute approximate surface area is 110 Å². The van der Waals surface area contributed by atoms with Crippen molar-refractivity contribution in [3.63, 3.8) is 0 Å². The molecule has 0 atom stereocenters. The molecule has 1 aromatic carbocycles. The van der Waals surface area contributed by atoms with Crippen LogP contribution in [0.15, 0.2) is 6.07 Å². The fraction of sp³-hybridized carbons (Fsp3) is 0.333. The normalized spacial score (nSPS) is 13.4. The molecule has 0 saturated heterocycles. The Morgan fingerprint density at radius 2 is 1.50 bits per heavy atom. The molecule has 0 bridgehead atoms. The molecule has 0 radical (unpaired) electrons. The maximum atomic E-state index is 11.0. The predicted octanol–water partition coefficient (Wildman–Crippen LogP) is 1.57. The van der Waals surface area contributed by atoms with E-state index in [-0.39, 0.29) is 19.0 Å². The number of benzene rings is 1. The van der Waals surface area contributed by atoms with Crippen LogP contribution in [0.1, 0.15) is 6.42 Å². The summed E-state index contributed by atoms with van der Waals surface area (Å²) in [6.45, 7) is 0.196. The van der Waals surface area contributed by atoms with Crippen LogP contribution in [0.4, 0.5) is 17.1 Å². The molecule has 0 N–H and O–H groups in total. The average molecular weight is 285 g/mol. The molecule has 2 rings (SSSR count).